The monoisotopic (exact) mass is 226 g/mol. The smallest absolute Gasteiger partial charge is 0.410 e. The van der Waals surface area contributed by atoms with E-state index in [2.05, 4.69) is 12.2 Å². The molecule has 1 amide bonds. The predicted molar refractivity (Wildman–Crippen MR) is 62.3 cm³/mol. The van der Waals surface area contributed by atoms with Gasteiger partial charge in [0.05, 0.1) is 0 Å². The Bertz CT molecular complexity index is 285. The number of fused-ring (bicyclic) bond motifs is 1. The van der Waals surface area contributed by atoms with Gasteiger partial charge in [0.25, 0.3) is 0 Å². The molecule has 0 aromatic rings. The molecule has 0 aromatic carbocycles. The van der Waals surface area contributed by atoms with E-state index in [1.54, 1.807) is 0 Å². The summed E-state index contributed by atoms with van der Waals surface area (Å²) in [6.07, 6.45) is -0.158. The molecular weight excluding hydrogens is 204 g/mol. The van der Waals surface area contributed by atoms with Gasteiger partial charge in [-0.15, -0.1) is 0 Å². The van der Waals surface area contributed by atoms with Gasteiger partial charge in [0, 0.05) is 25.7 Å². The SMILES string of the molecule is CC1C2CNCC2CN1C(=O)OC(C)(C)C. The predicted octanol–water partition coefficient (Wildman–Crippen LogP) is 1.46. The first-order valence-electron chi connectivity index (χ1n) is 6.09. The third kappa shape index (κ3) is 2.17. The molecule has 0 radical (unpaired) electrons. The number of likely N-dealkylation sites (tertiary alicyclic amines) is 1. The zero-order valence-corrected chi connectivity index (χ0v) is 10.6. The number of hydrogen-bond donors (Lipinski definition) is 1. The zero-order valence-electron chi connectivity index (χ0n) is 10.6. The Hall–Kier alpha value is -0.770. The van der Waals surface area contributed by atoms with Crippen molar-refractivity contribution in [3.63, 3.8) is 0 Å². The number of rotatable bonds is 0. The average molecular weight is 226 g/mol. The molecule has 4 heteroatoms. The molecule has 1 N–H and O–H groups in total. The molecule has 2 rings (SSSR count). The molecule has 0 spiro atoms. The lowest BCUT2D eigenvalue weighted by atomic mass is 9.95. The van der Waals surface area contributed by atoms with E-state index in [1.165, 1.54) is 0 Å². The summed E-state index contributed by atoms with van der Waals surface area (Å²) in [5.41, 5.74) is -0.396. The van der Waals surface area contributed by atoms with Crippen LogP contribution >= 0.6 is 0 Å². The minimum absolute atomic E-state index is 0.158. The first-order valence-corrected chi connectivity index (χ1v) is 6.09. The Morgan fingerprint density at radius 1 is 1.38 bits per heavy atom. The van der Waals surface area contributed by atoms with E-state index in [0.29, 0.717) is 17.9 Å². The summed E-state index contributed by atoms with van der Waals surface area (Å²) >= 11 is 0. The minimum Gasteiger partial charge on any atom is -0.444 e. The van der Waals surface area contributed by atoms with Crippen molar-refractivity contribution in [3.8, 4) is 0 Å². The van der Waals surface area contributed by atoms with Crippen LogP contribution in [0.2, 0.25) is 0 Å². The summed E-state index contributed by atoms with van der Waals surface area (Å²) in [5, 5.41) is 3.38. The van der Waals surface area contributed by atoms with Gasteiger partial charge < -0.3 is 15.0 Å². The highest BCUT2D eigenvalue weighted by Gasteiger charge is 2.44. The number of nitrogens with one attached hydrogen (secondary N) is 1. The molecule has 2 aliphatic heterocycles. The largest absolute Gasteiger partial charge is 0.444 e. The topological polar surface area (TPSA) is 41.6 Å². The Labute approximate surface area is 97.3 Å². The van der Waals surface area contributed by atoms with Crippen molar-refractivity contribution in [2.45, 2.75) is 39.3 Å². The van der Waals surface area contributed by atoms with Crippen molar-refractivity contribution in [2.75, 3.05) is 19.6 Å². The maximum atomic E-state index is 12.0. The molecule has 0 bridgehead atoms. The number of ether oxygens (including phenoxy) is 1. The van der Waals surface area contributed by atoms with Crippen LogP contribution in [-0.4, -0.2) is 42.3 Å². The van der Waals surface area contributed by atoms with Crippen molar-refractivity contribution in [1.29, 1.82) is 0 Å². The first-order chi connectivity index (χ1) is 7.38. The van der Waals surface area contributed by atoms with E-state index >= 15 is 0 Å². The van der Waals surface area contributed by atoms with E-state index in [9.17, 15) is 4.79 Å². The summed E-state index contributed by atoms with van der Waals surface area (Å²) in [7, 11) is 0. The van der Waals surface area contributed by atoms with Gasteiger partial charge in [-0.05, 0) is 39.5 Å². The van der Waals surface area contributed by atoms with Gasteiger partial charge in [-0.3, -0.25) is 0 Å². The molecular formula is C12H22N2O2. The van der Waals surface area contributed by atoms with Crippen LogP contribution in [0.4, 0.5) is 4.79 Å². The van der Waals surface area contributed by atoms with Crippen LogP contribution in [0.5, 0.6) is 0 Å². The highest BCUT2D eigenvalue weighted by atomic mass is 16.6. The van der Waals surface area contributed by atoms with Gasteiger partial charge in [0.15, 0.2) is 0 Å². The van der Waals surface area contributed by atoms with Crippen LogP contribution in [0.1, 0.15) is 27.7 Å². The quantitative estimate of drug-likeness (QED) is 0.680. The van der Waals surface area contributed by atoms with E-state index < -0.39 is 5.60 Å². The van der Waals surface area contributed by atoms with E-state index in [4.69, 9.17) is 4.74 Å². The third-order valence-corrected chi connectivity index (χ3v) is 3.56. The molecule has 0 aliphatic carbocycles. The third-order valence-electron chi connectivity index (χ3n) is 3.56. The van der Waals surface area contributed by atoms with E-state index in [1.807, 2.05) is 25.7 Å². The molecule has 2 aliphatic rings. The fourth-order valence-corrected chi connectivity index (χ4v) is 2.73. The van der Waals surface area contributed by atoms with Gasteiger partial charge in [-0.2, -0.15) is 0 Å². The molecule has 2 fully saturated rings. The lowest BCUT2D eigenvalue weighted by molar-refractivity contribution is 0.0218. The van der Waals surface area contributed by atoms with E-state index in [-0.39, 0.29) is 6.09 Å². The molecule has 2 heterocycles. The zero-order chi connectivity index (χ0) is 11.9. The van der Waals surface area contributed by atoms with Crippen LogP contribution < -0.4 is 5.32 Å². The lowest BCUT2D eigenvalue weighted by Crippen LogP contribution is -2.41. The van der Waals surface area contributed by atoms with Crippen molar-refractivity contribution in [1.82, 2.24) is 10.2 Å². The number of amides is 1. The Kier molecular flexibility index (Phi) is 2.86. The Morgan fingerprint density at radius 2 is 2.06 bits per heavy atom. The summed E-state index contributed by atoms with van der Waals surface area (Å²) in [4.78, 5) is 13.9. The highest BCUT2D eigenvalue weighted by Crippen LogP contribution is 2.33. The summed E-state index contributed by atoms with van der Waals surface area (Å²) in [5.74, 6) is 1.22. The second-order valence-electron chi connectivity index (χ2n) is 5.96. The highest BCUT2D eigenvalue weighted by molar-refractivity contribution is 5.69. The van der Waals surface area contributed by atoms with Crippen LogP contribution in [0.3, 0.4) is 0 Å². The maximum Gasteiger partial charge on any atom is 0.410 e. The van der Waals surface area contributed by atoms with Gasteiger partial charge in [0.1, 0.15) is 5.60 Å². The number of carbonyl (C=O) groups is 1. The second kappa shape index (κ2) is 3.91. The fraction of sp³-hybridized carbons (Fsp3) is 0.917. The van der Waals surface area contributed by atoms with Crippen molar-refractivity contribution >= 4 is 6.09 Å². The molecule has 3 unspecified atom stereocenters. The Morgan fingerprint density at radius 3 is 2.62 bits per heavy atom. The fourth-order valence-electron chi connectivity index (χ4n) is 2.73. The van der Waals surface area contributed by atoms with Crippen molar-refractivity contribution in [3.05, 3.63) is 0 Å². The molecule has 92 valence electrons. The molecule has 0 saturated carbocycles. The van der Waals surface area contributed by atoms with Gasteiger partial charge in [0.2, 0.25) is 0 Å². The normalized spacial score (nSPS) is 34.0. The molecule has 2 saturated heterocycles. The standard InChI is InChI=1S/C12H22N2O2/c1-8-10-6-13-5-9(10)7-14(8)11(15)16-12(2,3)4/h8-10,13H,5-7H2,1-4H3. The van der Waals surface area contributed by atoms with Crippen LogP contribution in [0.25, 0.3) is 0 Å². The number of nitrogens with zero attached hydrogens (tertiary/aromatic N) is 1. The lowest BCUT2D eigenvalue weighted by Gasteiger charge is -2.28. The van der Waals surface area contributed by atoms with Crippen molar-refractivity contribution < 1.29 is 9.53 Å². The van der Waals surface area contributed by atoms with E-state index in [0.717, 1.165) is 19.6 Å². The average Bonchev–Trinajstić information content (AvgIpc) is 2.66. The first kappa shape index (κ1) is 11.7. The van der Waals surface area contributed by atoms with Crippen LogP contribution in [-0.2, 0) is 4.74 Å². The molecule has 0 aromatic heterocycles. The van der Waals surface area contributed by atoms with Gasteiger partial charge in [-0.25, -0.2) is 4.79 Å². The van der Waals surface area contributed by atoms with Crippen molar-refractivity contribution in [2.24, 2.45) is 11.8 Å². The number of carbonyl (C=O) groups excluding carboxylic acids is 1. The summed E-state index contributed by atoms with van der Waals surface area (Å²) in [6.45, 7) is 10.8. The molecule has 16 heavy (non-hydrogen) atoms. The minimum atomic E-state index is -0.396. The maximum absolute atomic E-state index is 12.0. The summed E-state index contributed by atoms with van der Waals surface area (Å²) < 4.78 is 5.42. The second-order valence-corrected chi connectivity index (χ2v) is 5.96. The number of hydrogen-bond acceptors (Lipinski definition) is 3. The molecule has 3 atom stereocenters. The van der Waals surface area contributed by atoms with Crippen LogP contribution in [0, 0.1) is 11.8 Å². The summed E-state index contributed by atoms with van der Waals surface area (Å²) in [6, 6.07) is 0.301. The van der Waals surface area contributed by atoms with Gasteiger partial charge >= 0.3 is 6.09 Å². The Balaban J connectivity index is 1.99. The van der Waals surface area contributed by atoms with Crippen LogP contribution in [0.15, 0.2) is 0 Å². The molecule has 4 nitrogen and oxygen atoms in total. The van der Waals surface area contributed by atoms with Gasteiger partial charge in [-0.1, -0.05) is 0 Å².